The molecule has 3 amide bonds. The van der Waals surface area contributed by atoms with Crippen LogP contribution in [-0.4, -0.2) is 189 Å². The van der Waals surface area contributed by atoms with Crippen molar-refractivity contribution in [1.82, 2.24) is 30.7 Å². The smallest absolute Gasteiger partial charge is 0.407 e. The third-order valence-electron chi connectivity index (χ3n) is 14.6. The van der Waals surface area contributed by atoms with Gasteiger partial charge in [0.05, 0.1) is 63.2 Å². The number of likely N-dealkylation sites (N-methyl/N-ethyl adjacent to an activating group) is 2. The van der Waals surface area contributed by atoms with Gasteiger partial charge in [-0.3, -0.25) is 19.8 Å². The van der Waals surface area contributed by atoms with Gasteiger partial charge >= 0.3 is 6.09 Å². The lowest BCUT2D eigenvalue weighted by molar-refractivity contribution is -0.138. The second kappa shape index (κ2) is 45.9. The van der Waals surface area contributed by atoms with Gasteiger partial charge in [-0.2, -0.15) is 0 Å². The van der Waals surface area contributed by atoms with E-state index in [1.807, 2.05) is 98.1 Å². The summed E-state index contributed by atoms with van der Waals surface area (Å²) in [6.07, 6.45) is 13.3. The van der Waals surface area contributed by atoms with Crippen LogP contribution in [0.4, 0.5) is 4.79 Å². The fourth-order valence-electron chi connectivity index (χ4n) is 10.3. The largest absolute Gasteiger partial charge is 0.449 e. The Morgan fingerprint density at radius 3 is 1.95 bits per heavy atom. The number of carbonyl (C=O) groups is 6. The van der Waals surface area contributed by atoms with Crippen molar-refractivity contribution < 1.29 is 52.5 Å². The molecule has 2 heterocycles. The zero-order chi connectivity index (χ0) is 62.9. The number of hydrogen-bond acceptors (Lipinski definition) is 15. The number of allylic oxidation sites excluding steroid dienone is 3. The molecule has 2 aromatic rings. The molecule has 2 aromatic carbocycles. The fourth-order valence-corrected chi connectivity index (χ4v) is 10.3. The summed E-state index contributed by atoms with van der Waals surface area (Å²) >= 11 is 0. The molecule has 2 aliphatic heterocycles. The molecule has 5 rings (SSSR count). The van der Waals surface area contributed by atoms with E-state index in [4.69, 9.17) is 23.7 Å². The summed E-state index contributed by atoms with van der Waals surface area (Å²) in [5, 5.41) is 8.46. The standard InChI is InChI=1S/C21H37N3O3.C17H15NO3.C15H29NO3.C9H17NO2.C2H6.CH5N/c1-7-10-17(11-8-2)21(27-15-22-4)16(3)23-20(25)14-19(26-6)18-12-9-13-24(18)5;19-10-9-18-17(20)21-11-16-14-7-3-1-5-12(14)13-6-2-4-8-15(13)16;1-7-12(4)15(13(19-6)8-9-17)16(5)14(18)10-11(2)3;1-8(2)9(7-11)10-3-5-12-6-4-10;2*1-2/h7-8,10-11,16,18-19,21-22H,1,9,12-15H2,2-6H3,(H,23,25);1-8,10,16H,9,11H2,(H,18,20);9,11-13,15H,7-8,10H2,1-6H3;7-9H,3-6H2,1-2H3;1-2H3;2H2,1H3/b11-8-,17-10+;;;;;/t16-,18?,19?,21?;;;;;/m1...../s1. The molecule has 0 bridgehead atoms. The molecule has 7 unspecified atom stereocenters. The molecule has 470 valence electrons. The summed E-state index contributed by atoms with van der Waals surface area (Å²) in [6, 6.07) is 16.4. The highest BCUT2D eigenvalue weighted by Gasteiger charge is 2.34. The lowest BCUT2D eigenvalue weighted by atomic mass is 9.91. The number of nitrogens with one attached hydrogen (secondary N) is 3. The molecule has 18 nitrogen and oxygen atoms in total. The quantitative estimate of drug-likeness (QED) is 0.0356. The molecule has 5 N–H and O–H groups in total. The average Bonchev–Trinajstić information content (AvgIpc) is 4.08. The Hall–Kier alpha value is -5.44. The highest BCUT2D eigenvalue weighted by Crippen LogP contribution is 2.44. The van der Waals surface area contributed by atoms with E-state index in [1.54, 1.807) is 25.2 Å². The maximum Gasteiger partial charge on any atom is 0.407 e. The molecule has 1 aliphatic carbocycles. The Balaban J connectivity index is 0.00000109. The van der Waals surface area contributed by atoms with Gasteiger partial charge < -0.3 is 64.2 Å². The summed E-state index contributed by atoms with van der Waals surface area (Å²) in [4.78, 5) is 74.4. The number of rotatable bonds is 28. The van der Waals surface area contributed by atoms with Crippen LogP contribution in [0.5, 0.6) is 0 Å². The van der Waals surface area contributed by atoms with Gasteiger partial charge in [0.15, 0.2) is 0 Å². The number of amides is 3. The monoisotopic (exact) mass is 1160 g/mol. The molecular formula is C65H109N7O11. The molecule has 0 spiro atoms. The number of methoxy groups -OCH3 is 2. The SMILES string of the molecule is C=C/C=C(\C=C/C)C(OCNC)[C@@H](C)NC(=O)CC(OC)C1CCCN1C.CC.CC(C)C(C=O)N1CCOCC1.CCC(C)C(C(CC=O)OC)N(C)C(=O)CC(C)C.CN.O=CCNC(=O)OCC1c2ccccc2-c2ccccc21. The molecule has 0 radical (unpaired) electrons. The predicted octanol–water partition coefficient (Wildman–Crippen LogP) is 8.62. The predicted molar refractivity (Wildman–Crippen MR) is 335 cm³/mol. The van der Waals surface area contributed by atoms with Crippen molar-refractivity contribution in [3.05, 3.63) is 96.1 Å². The number of alkyl carbamates (subject to hydrolysis) is 1. The minimum absolute atomic E-state index is 0.0221. The first-order valence-corrected chi connectivity index (χ1v) is 29.8. The van der Waals surface area contributed by atoms with Crippen molar-refractivity contribution in [2.75, 3.05) is 95.1 Å². The Bertz CT molecular complexity index is 2140. The van der Waals surface area contributed by atoms with E-state index >= 15 is 0 Å². The number of carbonyl (C=O) groups excluding carboxylic acids is 6. The van der Waals surface area contributed by atoms with Crippen LogP contribution in [0.2, 0.25) is 0 Å². The number of nitrogens with zero attached hydrogens (tertiary/aromatic N) is 3. The van der Waals surface area contributed by atoms with Gasteiger partial charge in [0, 0.05) is 59.2 Å². The van der Waals surface area contributed by atoms with E-state index in [2.05, 4.69) is 97.1 Å². The van der Waals surface area contributed by atoms with Gasteiger partial charge in [0.2, 0.25) is 11.8 Å². The number of aldehydes is 3. The van der Waals surface area contributed by atoms with Crippen LogP contribution in [0.25, 0.3) is 11.1 Å². The Morgan fingerprint density at radius 2 is 1.49 bits per heavy atom. The van der Waals surface area contributed by atoms with Crippen LogP contribution in [0.1, 0.15) is 125 Å². The summed E-state index contributed by atoms with van der Waals surface area (Å²) in [5.74, 6) is 1.17. The van der Waals surface area contributed by atoms with Gasteiger partial charge in [0.1, 0.15) is 31.6 Å². The molecular weight excluding hydrogens is 1050 g/mol. The van der Waals surface area contributed by atoms with Gasteiger partial charge in [-0.05, 0) is 100.0 Å². The van der Waals surface area contributed by atoms with E-state index in [9.17, 15) is 28.8 Å². The number of nitrogens with two attached hydrogens (primary N) is 1. The van der Waals surface area contributed by atoms with Crippen molar-refractivity contribution in [3.8, 4) is 11.1 Å². The molecule has 83 heavy (non-hydrogen) atoms. The number of hydrogen-bond donors (Lipinski definition) is 4. The highest BCUT2D eigenvalue weighted by atomic mass is 16.5. The average molecular weight is 1160 g/mol. The van der Waals surface area contributed by atoms with E-state index < -0.39 is 6.09 Å². The number of ether oxygens (including phenoxy) is 5. The highest BCUT2D eigenvalue weighted by molar-refractivity contribution is 5.79. The topological polar surface area (TPSA) is 220 Å². The number of fused-ring (bicyclic) bond motifs is 3. The van der Waals surface area contributed by atoms with E-state index in [-0.39, 0.29) is 67.3 Å². The van der Waals surface area contributed by atoms with Crippen molar-refractivity contribution in [2.45, 2.75) is 156 Å². The first-order valence-electron chi connectivity index (χ1n) is 29.8. The lowest BCUT2D eigenvalue weighted by Crippen LogP contribution is -2.49. The summed E-state index contributed by atoms with van der Waals surface area (Å²) in [5.41, 5.74) is 10.2. The van der Waals surface area contributed by atoms with Crippen LogP contribution in [0.3, 0.4) is 0 Å². The summed E-state index contributed by atoms with van der Waals surface area (Å²) in [6.45, 7) is 29.1. The number of morpholine rings is 1. The first-order chi connectivity index (χ1) is 39.9. The van der Waals surface area contributed by atoms with Crippen molar-refractivity contribution in [3.63, 3.8) is 0 Å². The summed E-state index contributed by atoms with van der Waals surface area (Å²) < 4.78 is 27.4. The number of likely N-dealkylation sites (tertiary alicyclic amines) is 1. The van der Waals surface area contributed by atoms with E-state index in [1.165, 1.54) is 29.3 Å². The number of benzene rings is 2. The molecule has 18 heteroatoms. The van der Waals surface area contributed by atoms with Crippen LogP contribution in [-0.2, 0) is 47.7 Å². The second-order valence-corrected chi connectivity index (χ2v) is 21.1. The third-order valence-corrected chi connectivity index (χ3v) is 14.6. The molecule has 0 aromatic heterocycles. The zero-order valence-electron chi connectivity index (χ0n) is 53.5. The van der Waals surface area contributed by atoms with Crippen LogP contribution in [0.15, 0.2) is 85.0 Å². The maximum absolute atomic E-state index is 12.7. The molecule has 2 fully saturated rings. The van der Waals surface area contributed by atoms with Crippen molar-refractivity contribution >= 4 is 36.8 Å². The van der Waals surface area contributed by atoms with Gasteiger partial charge in [-0.1, -0.05) is 141 Å². The van der Waals surface area contributed by atoms with Gasteiger partial charge in [0.25, 0.3) is 0 Å². The second-order valence-electron chi connectivity index (χ2n) is 21.1. The normalized spacial score (nSPS) is 17.3. The van der Waals surface area contributed by atoms with Gasteiger partial charge in [-0.25, -0.2) is 4.79 Å². The van der Waals surface area contributed by atoms with Crippen molar-refractivity contribution in [1.29, 1.82) is 0 Å². The molecule has 2 saturated heterocycles. The van der Waals surface area contributed by atoms with Crippen molar-refractivity contribution in [2.24, 2.45) is 23.5 Å². The zero-order valence-corrected chi connectivity index (χ0v) is 53.5. The molecule has 0 saturated carbocycles. The first kappa shape index (κ1) is 77.6. The minimum atomic E-state index is -0.566. The minimum Gasteiger partial charge on any atom is -0.449 e. The van der Waals surface area contributed by atoms with Crippen LogP contribution < -0.4 is 21.7 Å². The Morgan fingerprint density at radius 1 is 0.892 bits per heavy atom. The van der Waals surface area contributed by atoms with Gasteiger partial charge in [-0.15, -0.1) is 0 Å². The maximum atomic E-state index is 12.7. The lowest BCUT2D eigenvalue weighted by Gasteiger charge is -2.37. The van der Waals surface area contributed by atoms with Crippen LogP contribution >= 0.6 is 0 Å². The van der Waals surface area contributed by atoms with E-state index in [0.717, 1.165) is 70.3 Å². The van der Waals surface area contributed by atoms with E-state index in [0.29, 0.717) is 56.1 Å². The Kier molecular flexibility index (Phi) is 42.9. The van der Waals surface area contributed by atoms with Crippen LogP contribution in [0, 0.1) is 17.8 Å². The Labute approximate surface area is 500 Å². The molecule has 3 aliphatic rings. The third kappa shape index (κ3) is 27.4. The molecule has 8 atom stereocenters. The fraction of sp³-hybridized carbons (Fsp3) is 0.631. The summed E-state index contributed by atoms with van der Waals surface area (Å²) in [7, 11) is 10.5.